The molecule has 2 aromatic carbocycles. The van der Waals surface area contributed by atoms with E-state index in [0.717, 1.165) is 18.8 Å². The minimum atomic E-state index is -0.737. The largest absolute Gasteiger partial charge is 0.492 e. The molecule has 2 rings (SSSR count). The van der Waals surface area contributed by atoms with Crippen molar-refractivity contribution in [1.82, 2.24) is 0 Å². The highest BCUT2D eigenvalue weighted by Gasteiger charge is 2.23. The average molecular weight is 670 g/mol. The molecule has 39 heavy (non-hydrogen) atoms. The summed E-state index contributed by atoms with van der Waals surface area (Å²) < 4.78 is 15.9. The first-order valence-corrected chi connectivity index (χ1v) is 13.7. The van der Waals surface area contributed by atoms with Gasteiger partial charge < -0.3 is 24.4 Å². The molecule has 2 aromatic rings. The van der Waals surface area contributed by atoms with Gasteiger partial charge in [-0.3, -0.25) is 14.4 Å². The number of hydrogen-bond acceptors (Lipinski definition) is 10. The van der Waals surface area contributed by atoms with E-state index in [1.165, 1.54) is 13.2 Å². The summed E-state index contributed by atoms with van der Waals surface area (Å²) in [5, 5.41) is 11.5. The summed E-state index contributed by atoms with van der Waals surface area (Å²) in [5.41, 5.74) is 2.06. The first-order chi connectivity index (χ1) is 18.7. The molecule has 0 atom stereocenters. The van der Waals surface area contributed by atoms with E-state index in [0.29, 0.717) is 32.3 Å². The maximum atomic E-state index is 12.6. The third-order valence-electron chi connectivity index (χ3n) is 5.36. The molecule has 0 heterocycles. The van der Waals surface area contributed by atoms with Crippen LogP contribution in [0.15, 0.2) is 43.4 Å². The number of carbonyl (C=O) groups is 4. The van der Waals surface area contributed by atoms with Crippen LogP contribution in [0.1, 0.15) is 44.0 Å². The van der Waals surface area contributed by atoms with Crippen LogP contribution in [-0.2, 0) is 23.9 Å². The number of azo groups is 1. The number of ether oxygens (including phenoxy) is 3. The van der Waals surface area contributed by atoms with Gasteiger partial charge in [0.15, 0.2) is 6.29 Å². The second-order valence-corrected chi connectivity index (χ2v) is 9.44. The number of halogens is 2. The molecule has 1 amide bonds. The number of methoxy groups -OCH3 is 1. The molecule has 210 valence electrons. The van der Waals surface area contributed by atoms with Crippen LogP contribution >= 0.6 is 31.9 Å². The summed E-state index contributed by atoms with van der Waals surface area (Å²) in [5.74, 6) is -1.42. The fourth-order valence-electron chi connectivity index (χ4n) is 3.44. The maximum absolute atomic E-state index is 12.6. The van der Waals surface area contributed by atoms with E-state index in [-0.39, 0.29) is 36.7 Å². The fraction of sp³-hybridized carbons (Fsp3) is 0.385. The number of aldehydes is 1. The van der Waals surface area contributed by atoms with Gasteiger partial charge in [-0.1, -0.05) is 0 Å². The molecule has 0 aliphatic heterocycles. The molecule has 0 bridgehead atoms. The van der Waals surface area contributed by atoms with E-state index in [4.69, 9.17) is 9.47 Å². The van der Waals surface area contributed by atoms with E-state index >= 15 is 0 Å². The molecule has 0 aliphatic rings. The third kappa shape index (κ3) is 8.85. The Labute approximate surface area is 243 Å². The Morgan fingerprint density at radius 3 is 2.38 bits per heavy atom. The lowest BCUT2D eigenvalue weighted by Gasteiger charge is -2.22. The van der Waals surface area contributed by atoms with E-state index in [9.17, 15) is 19.2 Å². The number of benzene rings is 2. The molecule has 0 aliphatic carbocycles. The Kier molecular flexibility index (Phi) is 13.0. The second kappa shape index (κ2) is 15.9. The van der Waals surface area contributed by atoms with Crippen molar-refractivity contribution in [3.8, 4) is 5.75 Å². The lowest BCUT2D eigenvalue weighted by atomic mass is 10.2. The minimum Gasteiger partial charge on any atom is -0.492 e. The van der Waals surface area contributed by atoms with Crippen molar-refractivity contribution >= 4 is 78.7 Å². The number of nitrogens with zero attached hydrogens (tertiary/aromatic N) is 3. The van der Waals surface area contributed by atoms with E-state index in [1.54, 1.807) is 19.1 Å². The second-order valence-electron chi connectivity index (χ2n) is 7.79. The first-order valence-electron chi connectivity index (χ1n) is 12.1. The van der Waals surface area contributed by atoms with Gasteiger partial charge in [0.05, 0.1) is 30.3 Å². The van der Waals surface area contributed by atoms with Gasteiger partial charge in [-0.2, -0.15) is 0 Å². The summed E-state index contributed by atoms with van der Waals surface area (Å²) >= 11 is 6.84. The van der Waals surface area contributed by atoms with Crippen molar-refractivity contribution in [2.24, 2.45) is 10.2 Å². The molecular formula is C26H30Br2N4O7. The zero-order chi connectivity index (χ0) is 28.9. The number of hydrogen-bond donors (Lipinski definition) is 1. The number of anilines is 2. The van der Waals surface area contributed by atoms with Gasteiger partial charge in [0, 0.05) is 29.7 Å². The monoisotopic (exact) mass is 668 g/mol. The standard InChI is InChI=1S/C26H30Br2N4O7/c1-5-32(6-2)16-8-9-19(20(14-16)29-21(34)10-11-22(35)37-4)30-31-24-18(27)15-17(26(36)39-13-12-33)25(23(24)28)38-7-3/h8-9,12,14-15H,5-7,10-11,13H2,1-4H3,(H,29,34). The van der Waals surface area contributed by atoms with Crippen molar-refractivity contribution in [2.45, 2.75) is 33.6 Å². The predicted octanol–water partition coefficient (Wildman–Crippen LogP) is 6.12. The molecule has 11 nitrogen and oxygen atoms in total. The fourth-order valence-corrected chi connectivity index (χ4v) is 4.83. The molecule has 0 saturated carbocycles. The molecule has 0 spiro atoms. The number of rotatable bonds is 14. The number of carbonyl (C=O) groups excluding carboxylic acids is 4. The molecular weight excluding hydrogens is 640 g/mol. The quantitative estimate of drug-likeness (QED) is 0.144. The highest BCUT2D eigenvalue weighted by atomic mass is 79.9. The Balaban J connectivity index is 2.50. The highest BCUT2D eigenvalue weighted by Crippen LogP contribution is 2.44. The Morgan fingerprint density at radius 2 is 1.77 bits per heavy atom. The van der Waals surface area contributed by atoms with Gasteiger partial charge in [0.1, 0.15) is 29.3 Å². The third-order valence-corrected chi connectivity index (χ3v) is 6.70. The number of amides is 1. The SMILES string of the molecule is CCOc1c(C(=O)OCC=O)cc(Br)c(N=Nc2ccc(N(CC)CC)cc2NC(=O)CCC(=O)OC)c1Br. The smallest absolute Gasteiger partial charge is 0.342 e. The molecule has 0 saturated heterocycles. The lowest BCUT2D eigenvalue weighted by Crippen LogP contribution is -2.22. The van der Waals surface area contributed by atoms with E-state index in [1.807, 2.05) is 19.9 Å². The molecule has 0 fully saturated rings. The number of nitrogens with one attached hydrogen (secondary N) is 1. The van der Waals surface area contributed by atoms with Crippen LogP contribution in [0.5, 0.6) is 5.75 Å². The summed E-state index contributed by atoms with van der Waals surface area (Å²) in [6.45, 7) is 7.18. The van der Waals surface area contributed by atoms with Gasteiger partial charge >= 0.3 is 11.9 Å². The van der Waals surface area contributed by atoms with E-state index in [2.05, 4.69) is 57.0 Å². The Morgan fingerprint density at radius 1 is 1.05 bits per heavy atom. The van der Waals surface area contributed by atoms with Crippen LogP contribution in [0.25, 0.3) is 0 Å². The van der Waals surface area contributed by atoms with Gasteiger partial charge in [-0.25, -0.2) is 4.79 Å². The van der Waals surface area contributed by atoms with Gasteiger partial charge in [0.25, 0.3) is 0 Å². The van der Waals surface area contributed by atoms with Crippen LogP contribution in [0.4, 0.5) is 22.7 Å². The van der Waals surface area contributed by atoms with Crippen LogP contribution in [0.2, 0.25) is 0 Å². The van der Waals surface area contributed by atoms with Crippen molar-refractivity contribution in [1.29, 1.82) is 0 Å². The topological polar surface area (TPSA) is 136 Å². The highest BCUT2D eigenvalue weighted by molar-refractivity contribution is 9.11. The normalized spacial score (nSPS) is 10.7. The van der Waals surface area contributed by atoms with Crippen molar-refractivity contribution in [3.63, 3.8) is 0 Å². The summed E-state index contributed by atoms with van der Waals surface area (Å²) in [4.78, 5) is 49.2. The van der Waals surface area contributed by atoms with Gasteiger partial charge in [-0.05, 0) is 76.9 Å². The predicted molar refractivity (Wildman–Crippen MR) is 153 cm³/mol. The Hall–Kier alpha value is -3.32. The summed E-state index contributed by atoms with van der Waals surface area (Å²) in [6, 6.07) is 6.85. The van der Waals surface area contributed by atoms with Gasteiger partial charge in [0.2, 0.25) is 5.91 Å². The van der Waals surface area contributed by atoms with Crippen LogP contribution in [0, 0.1) is 0 Å². The Bertz CT molecular complexity index is 1230. The molecule has 0 aromatic heterocycles. The lowest BCUT2D eigenvalue weighted by molar-refractivity contribution is -0.141. The molecule has 13 heteroatoms. The zero-order valence-electron chi connectivity index (χ0n) is 22.1. The maximum Gasteiger partial charge on any atom is 0.342 e. The van der Waals surface area contributed by atoms with Crippen molar-refractivity contribution < 1.29 is 33.4 Å². The van der Waals surface area contributed by atoms with Crippen LogP contribution < -0.4 is 15.0 Å². The summed E-state index contributed by atoms with van der Waals surface area (Å²) in [6.07, 6.45) is 0.355. The van der Waals surface area contributed by atoms with E-state index < -0.39 is 18.5 Å². The van der Waals surface area contributed by atoms with Crippen molar-refractivity contribution in [2.75, 3.05) is 43.6 Å². The van der Waals surface area contributed by atoms with Crippen LogP contribution in [-0.4, -0.2) is 57.5 Å². The first kappa shape index (κ1) is 31.9. The zero-order valence-corrected chi connectivity index (χ0v) is 25.3. The van der Waals surface area contributed by atoms with Crippen LogP contribution in [0.3, 0.4) is 0 Å². The van der Waals surface area contributed by atoms with Crippen molar-refractivity contribution in [3.05, 3.63) is 38.8 Å². The molecule has 0 unspecified atom stereocenters. The molecule has 1 N–H and O–H groups in total. The number of esters is 2. The summed E-state index contributed by atoms with van der Waals surface area (Å²) in [7, 11) is 1.26. The molecule has 0 radical (unpaired) electrons. The van der Waals surface area contributed by atoms with Gasteiger partial charge in [-0.15, -0.1) is 10.2 Å². The average Bonchev–Trinajstić information content (AvgIpc) is 2.93. The minimum absolute atomic E-state index is 0.0589.